The molecule has 3 rings (SSSR count). The van der Waals surface area contributed by atoms with E-state index in [-0.39, 0.29) is 0 Å². The second-order valence-electron chi connectivity index (χ2n) is 5.87. The van der Waals surface area contributed by atoms with E-state index in [0.717, 1.165) is 0 Å². The van der Waals surface area contributed by atoms with Crippen LogP contribution in [0, 0.1) is 0 Å². The number of benzene rings is 1. The summed E-state index contributed by atoms with van der Waals surface area (Å²) < 4.78 is 156. The topological polar surface area (TPSA) is 61.4 Å². The Labute approximate surface area is 167 Å². The Bertz CT molecular complexity index is 961. The normalized spacial score (nSPS) is 13.6. The average molecular weight is 484 g/mol. The van der Waals surface area contributed by atoms with Gasteiger partial charge in [-0.15, -0.1) is 20.4 Å². The van der Waals surface area contributed by atoms with Crippen LogP contribution in [0.25, 0.3) is 11.4 Å². The van der Waals surface area contributed by atoms with Gasteiger partial charge >= 0.3 is 24.7 Å². The molecule has 3 aromatic rings. The van der Waals surface area contributed by atoms with E-state index < -0.39 is 68.5 Å². The minimum Gasteiger partial charge on any atom is -0.268 e. The molecular weight excluding hydrogens is 480 g/mol. The monoisotopic (exact) mass is 484 g/mol. The minimum absolute atomic E-state index is 0.420. The highest BCUT2D eigenvalue weighted by molar-refractivity contribution is 5.44. The van der Waals surface area contributed by atoms with Crippen LogP contribution in [0.5, 0.6) is 0 Å². The number of hydrogen-bond acceptors (Lipinski definition) is 4. The van der Waals surface area contributed by atoms with Gasteiger partial charge in [-0.2, -0.15) is 52.7 Å². The number of nitrogens with zero attached hydrogens (tertiary/aromatic N) is 6. The lowest BCUT2D eigenvalue weighted by Gasteiger charge is -2.16. The minimum atomic E-state index is -5.42. The lowest BCUT2D eigenvalue weighted by atomic mass is 10.2. The Morgan fingerprint density at radius 3 is 0.750 bits per heavy atom. The van der Waals surface area contributed by atoms with Gasteiger partial charge < -0.3 is 0 Å². The number of hydrogen-bond donors (Lipinski definition) is 0. The summed E-state index contributed by atoms with van der Waals surface area (Å²) in [6, 6.07) is 1.68. The molecule has 0 N–H and O–H groups in total. The third-order valence-electron chi connectivity index (χ3n) is 3.71. The highest BCUT2D eigenvalue weighted by Crippen LogP contribution is 2.38. The fourth-order valence-electron chi connectivity index (χ4n) is 2.54. The van der Waals surface area contributed by atoms with Crippen LogP contribution in [0.2, 0.25) is 0 Å². The van der Waals surface area contributed by atoms with Crippen molar-refractivity contribution in [3.05, 3.63) is 47.6 Å². The molecule has 0 aliphatic rings. The van der Waals surface area contributed by atoms with E-state index in [2.05, 4.69) is 20.4 Å². The number of alkyl halides is 12. The standard InChI is InChI=1S/C14H4F12N6/c15-11(16,17)7-27-28-8(12(18,19)20)31(7)5-1-2-6(4-3-5)32-9(13(21,22)23)29-30-10(32)14(24,25)26/h1-4H. The van der Waals surface area contributed by atoms with Gasteiger partial charge in [-0.25, -0.2) is 0 Å². The van der Waals surface area contributed by atoms with Crippen molar-refractivity contribution in [2.24, 2.45) is 0 Å². The molecule has 18 heteroatoms. The van der Waals surface area contributed by atoms with Crippen molar-refractivity contribution in [2.45, 2.75) is 24.7 Å². The first-order valence-corrected chi connectivity index (χ1v) is 7.73. The zero-order valence-corrected chi connectivity index (χ0v) is 14.5. The van der Waals surface area contributed by atoms with Gasteiger partial charge in [-0.1, -0.05) is 0 Å². The molecule has 0 aliphatic carbocycles. The van der Waals surface area contributed by atoms with Gasteiger partial charge in [-0.3, -0.25) is 9.13 Å². The van der Waals surface area contributed by atoms with Gasteiger partial charge in [0.2, 0.25) is 23.3 Å². The first-order chi connectivity index (χ1) is 14.4. The second-order valence-corrected chi connectivity index (χ2v) is 5.87. The molecule has 0 aliphatic heterocycles. The van der Waals surface area contributed by atoms with E-state index in [4.69, 9.17) is 0 Å². The van der Waals surface area contributed by atoms with Crippen LogP contribution < -0.4 is 0 Å². The van der Waals surface area contributed by atoms with Crippen LogP contribution in [0.3, 0.4) is 0 Å². The first kappa shape index (κ1) is 23.3. The van der Waals surface area contributed by atoms with E-state index in [9.17, 15) is 52.7 Å². The lowest BCUT2D eigenvalue weighted by molar-refractivity contribution is -0.154. The van der Waals surface area contributed by atoms with Crippen LogP contribution in [-0.2, 0) is 24.7 Å². The fraction of sp³-hybridized carbons (Fsp3) is 0.286. The molecule has 0 unspecified atom stereocenters. The molecule has 0 saturated carbocycles. The zero-order valence-electron chi connectivity index (χ0n) is 14.5. The van der Waals surface area contributed by atoms with Crippen LogP contribution in [0.4, 0.5) is 52.7 Å². The van der Waals surface area contributed by atoms with E-state index in [0.29, 0.717) is 24.3 Å². The maximum absolute atomic E-state index is 13.0. The largest absolute Gasteiger partial charge is 0.452 e. The van der Waals surface area contributed by atoms with Gasteiger partial charge in [0, 0.05) is 11.4 Å². The Morgan fingerprint density at radius 2 is 0.594 bits per heavy atom. The predicted molar refractivity (Wildman–Crippen MR) is 76.3 cm³/mol. The van der Waals surface area contributed by atoms with Crippen molar-refractivity contribution < 1.29 is 52.7 Å². The van der Waals surface area contributed by atoms with Gasteiger partial charge in [0.05, 0.1) is 0 Å². The van der Waals surface area contributed by atoms with Crippen molar-refractivity contribution in [2.75, 3.05) is 0 Å². The molecular formula is C14H4F12N6. The molecule has 2 heterocycles. The van der Waals surface area contributed by atoms with Crippen LogP contribution in [0.1, 0.15) is 23.3 Å². The van der Waals surface area contributed by atoms with Crippen LogP contribution >= 0.6 is 0 Å². The molecule has 0 radical (unpaired) electrons. The third kappa shape index (κ3) is 4.20. The first-order valence-electron chi connectivity index (χ1n) is 7.73. The Morgan fingerprint density at radius 1 is 0.406 bits per heavy atom. The Kier molecular flexibility index (Phi) is 5.17. The van der Waals surface area contributed by atoms with Crippen LogP contribution in [-0.4, -0.2) is 29.5 Å². The Hall–Kier alpha value is -3.34. The summed E-state index contributed by atoms with van der Waals surface area (Å²) in [5, 5.41) is 9.76. The molecule has 1 aromatic carbocycles. The van der Waals surface area contributed by atoms with Gasteiger partial charge in [0.25, 0.3) is 0 Å². The predicted octanol–water partition coefficient (Wildman–Crippen LogP) is 4.92. The molecule has 0 saturated heterocycles. The SMILES string of the molecule is FC(F)(F)c1nnc(C(F)(F)F)n1-c1ccc(-n2c(C(F)(F)F)nnc2C(F)(F)F)cc1. The average Bonchev–Trinajstić information content (AvgIpc) is 3.25. The third-order valence-corrected chi connectivity index (χ3v) is 3.71. The summed E-state index contributed by atoms with van der Waals surface area (Å²) in [5.41, 5.74) is -1.87. The van der Waals surface area contributed by atoms with Crippen molar-refractivity contribution in [3.63, 3.8) is 0 Å². The fourth-order valence-corrected chi connectivity index (χ4v) is 2.54. The van der Waals surface area contributed by atoms with Crippen molar-refractivity contribution in [1.82, 2.24) is 29.5 Å². The van der Waals surface area contributed by atoms with E-state index in [1.807, 2.05) is 0 Å². The second kappa shape index (κ2) is 7.09. The van der Waals surface area contributed by atoms with Gasteiger partial charge in [0.1, 0.15) is 0 Å². The van der Waals surface area contributed by atoms with E-state index >= 15 is 0 Å². The molecule has 6 nitrogen and oxygen atoms in total. The number of aromatic nitrogens is 6. The van der Waals surface area contributed by atoms with Crippen LogP contribution in [0.15, 0.2) is 24.3 Å². The Balaban J connectivity index is 2.20. The van der Waals surface area contributed by atoms with Crippen molar-refractivity contribution in [1.29, 1.82) is 0 Å². The van der Waals surface area contributed by atoms with Crippen molar-refractivity contribution >= 4 is 0 Å². The highest BCUT2D eigenvalue weighted by atomic mass is 19.4. The van der Waals surface area contributed by atoms with Gasteiger partial charge in [-0.05, 0) is 24.3 Å². The smallest absolute Gasteiger partial charge is 0.268 e. The van der Waals surface area contributed by atoms with Gasteiger partial charge in [0.15, 0.2) is 0 Å². The summed E-state index contributed by atoms with van der Waals surface area (Å²) in [5.74, 6) is -8.47. The number of halogens is 12. The molecule has 0 bridgehead atoms. The quantitative estimate of drug-likeness (QED) is 0.485. The summed E-state index contributed by atoms with van der Waals surface area (Å²) in [4.78, 5) is 0. The molecule has 0 fully saturated rings. The molecule has 32 heavy (non-hydrogen) atoms. The van der Waals surface area contributed by atoms with E-state index in [1.54, 1.807) is 0 Å². The number of rotatable bonds is 2. The van der Waals surface area contributed by atoms with E-state index in [1.165, 1.54) is 0 Å². The summed E-state index contributed by atoms with van der Waals surface area (Å²) in [6.45, 7) is 0. The maximum Gasteiger partial charge on any atom is 0.452 e. The maximum atomic E-state index is 13.0. The molecule has 0 amide bonds. The molecule has 174 valence electrons. The summed E-state index contributed by atoms with van der Waals surface area (Å²) in [7, 11) is 0. The molecule has 2 aromatic heterocycles. The molecule has 0 atom stereocenters. The highest BCUT2D eigenvalue weighted by Gasteiger charge is 2.47. The lowest BCUT2D eigenvalue weighted by Crippen LogP contribution is -2.20. The summed E-state index contributed by atoms with van der Waals surface area (Å²) in [6.07, 6.45) is -21.7. The van der Waals surface area contributed by atoms with Crippen molar-refractivity contribution in [3.8, 4) is 11.4 Å². The summed E-state index contributed by atoms with van der Waals surface area (Å²) >= 11 is 0. The molecule has 0 spiro atoms. The zero-order chi connectivity index (χ0) is 24.3.